The van der Waals surface area contributed by atoms with E-state index in [1.807, 2.05) is 0 Å². The van der Waals surface area contributed by atoms with Crippen molar-refractivity contribution in [2.45, 2.75) is 105 Å². The molecule has 20 heavy (non-hydrogen) atoms. The van der Waals surface area contributed by atoms with Crippen LogP contribution < -0.4 is 0 Å². The molecular formula is C20H40. The van der Waals surface area contributed by atoms with Gasteiger partial charge >= 0.3 is 0 Å². The monoisotopic (exact) mass is 280 g/mol. The van der Waals surface area contributed by atoms with Gasteiger partial charge in [-0.1, -0.05) is 98.3 Å². The maximum Gasteiger partial charge on any atom is -0.0358 e. The Kier molecular flexibility index (Phi) is 9.65. The van der Waals surface area contributed by atoms with E-state index in [-0.39, 0.29) is 0 Å². The number of rotatable bonds is 10. The molecule has 0 radical (unpaired) electrons. The van der Waals surface area contributed by atoms with Gasteiger partial charge in [0, 0.05) is 0 Å². The van der Waals surface area contributed by atoms with Gasteiger partial charge in [-0.2, -0.15) is 0 Å². The van der Waals surface area contributed by atoms with E-state index in [1.165, 1.54) is 77.0 Å². The molecule has 0 bridgehead atoms. The van der Waals surface area contributed by atoms with Crippen LogP contribution in [-0.2, 0) is 0 Å². The van der Waals surface area contributed by atoms with Crippen LogP contribution in [0, 0.1) is 23.7 Å². The summed E-state index contributed by atoms with van der Waals surface area (Å²) >= 11 is 0. The van der Waals surface area contributed by atoms with Crippen molar-refractivity contribution in [3.8, 4) is 0 Å². The summed E-state index contributed by atoms with van der Waals surface area (Å²) in [6, 6.07) is 0. The third-order valence-corrected chi connectivity index (χ3v) is 5.83. The normalized spacial score (nSPS) is 28.5. The summed E-state index contributed by atoms with van der Waals surface area (Å²) in [5.41, 5.74) is 0. The van der Waals surface area contributed by atoms with E-state index >= 15 is 0 Å². The Bertz CT molecular complexity index is 220. The van der Waals surface area contributed by atoms with Crippen molar-refractivity contribution in [1.29, 1.82) is 0 Å². The maximum atomic E-state index is 2.52. The molecule has 1 saturated carbocycles. The highest BCUT2D eigenvalue weighted by molar-refractivity contribution is 4.81. The molecular weight excluding hydrogens is 240 g/mol. The summed E-state index contributed by atoms with van der Waals surface area (Å²) in [7, 11) is 0. The third-order valence-electron chi connectivity index (χ3n) is 5.83. The van der Waals surface area contributed by atoms with E-state index in [1.54, 1.807) is 0 Å². The van der Waals surface area contributed by atoms with E-state index in [4.69, 9.17) is 0 Å². The molecule has 1 aliphatic rings. The quantitative estimate of drug-likeness (QED) is 0.370. The second-order valence-electron chi connectivity index (χ2n) is 7.64. The highest BCUT2D eigenvalue weighted by Crippen LogP contribution is 2.40. The third kappa shape index (κ3) is 6.64. The molecule has 0 heterocycles. The van der Waals surface area contributed by atoms with Crippen LogP contribution in [-0.4, -0.2) is 0 Å². The molecule has 0 amide bonds. The smallest absolute Gasteiger partial charge is 0.0358 e. The highest BCUT2D eigenvalue weighted by Gasteiger charge is 2.30. The van der Waals surface area contributed by atoms with Crippen LogP contribution in [0.1, 0.15) is 105 Å². The fraction of sp³-hybridized carbons (Fsp3) is 1.00. The largest absolute Gasteiger partial charge is 0.0654 e. The SMILES string of the molecule is CCCCCCCCCC(CC)C1CC(C)CCC1C. The molecule has 0 heteroatoms. The molecule has 0 spiro atoms. The van der Waals surface area contributed by atoms with Gasteiger partial charge in [-0.05, 0) is 30.1 Å². The minimum atomic E-state index is 0.985. The Morgan fingerprint density at radius 3 is 2.15 bits per heavy atom. The first kappa shape index (κ1) is 18.1. The van der Waals surface area contributed by atoms with Crippen LogP contribution in [0.25, 0.3) is 0 Å². The molecule has 0 nitrogen and oxygen atoms in total. The first-order valence-electron chi connectivity index (χ1n) is 9.69. The summed E-state index contributed by atoms with van der Waals surface area (Å²) < 4.78 is 0. The zero-order valence-electron chi connectivity index (χ0n) is 14.8. The van der Waals surface area contributed by atoms with Gasteiger partial charge in [0.05, 0.1) is 0 Å². The zero-order valence-corrected chi connectivity index (χ0v) is 14.8. The standard InChI is InChI=1S/C20H40/c1-5-7-8-9-10-11-12-13-19(6-2)20-16-17(3)14-15-18(20)4/h17-20H,5-16H2,1-4H3. The van der Waals surface area contributed by atoms with Crippen molar-refractivity contribution in [1.82, 2.24) is 0 Å². The fourth-order valence-electron chi connectivity index (χ4n) is 4.32. The predicted octanol–water partition coefficient (Wildman–Crippen LogP) is 7.23. The maximum absolute atomic E-state index is 2.52. The minimum Gasteiger partial charge on any atom is -0.0654 e. The second-order valence-corrected chi connectivity index (χ2v) is 7.64. The van der Waals surface area contributed by atoms with Crippen molar-refractivity contribution in [3.05, 3.63) is 0 Å². The molecule has 4 unspecified atom stereocenters. The summed E-state index contributed by atoms with van der Waals surface area (Å²) in [5.74, 6) is 4.02. The molecule has 0 aliphatic heterocycles. The zero-order chi connectivity index (χ0) is 14.8. The Morgan fingerprint density at radius 2 is 1.50 bits per heavy atom. The Balaban J connectivity index is 2.18. The van der Waals surface area contributed by atoms with Gasteiger partial charge in [0.1, 0.15) is 0 Å². The van der Waals surface area contributed by atoms with E-state index in [0.29, 0.717) is 0 Å². The topological polar surface area (TPSA) is 0 Å². The van der Waals surface area contributed by atoms with Crippen molar-refractivity contribution >= 4 is 0 Å². The molecule has 0 aromatic carbocycles. The fourth-order valence-corrected chi connectivity index (χ4v) is 4.32. The lowest BCUT2D eigenvalue weighted by Crippen LogP contribution is -2.28. The van der Waals surface area contributed by atoms with Crippen LogP contribution >= 0.6 is 0 Å². The molecule has 0 aromatic heterocycles. The Morgan fingerprint density at radius 1 is 0.850 bits per heavy atom. The first-order valence-corrected chi connectivity index (χ1v) is 9.69. The van der Waals surface area contributed by atoms with E-state index < -0.39 is 0 Å². The van der Waals surface area contributed by atoms with Crippen LogP contribution in [0.4, 0.5) is 0 Å². The molecule has 0 aromatic rings. The second kappa shape index (κ2) is 10.7. The summed E-state index contributed by atoms with van der Waals surface area (Å²) in [4.78, 5) is 0. The van der Waals surface area contributed by atoms with Crippen molar-refractivity contribution in [2.75, 3.05) is 0 Å². The van der Waals surface area contributed by atoms with E-state index in [0.717, 1.165) is 23.7 Å². The minimum absolute atomic E-state index is 0.985. The average Bonchev–Trinajstić information content (AvgIpc) is 2.45. The Labute approximate surface area is 129 Å². The van der Waals surface area contributed by atoms with Crippen LogP contribution in [0.2, 0.25) is 0 Å². The lowest BCUT2D eigenvalue weighted by molar-refractivity contribution is 0.127. The van der Waals surface area contributed by atoms with Crippen molar-refractivity contribution in [3.63, 3.8) is 0 Å². The molecule has 1 rings (SSSR count). The Hall–Kier alpha value is 0. The highest BCUT2D eigenvalue weighted by atomic mass is 14.4. The van der Waals surface area contributed by atoms with Gasteiger partial charge in [-0.25, -0.2) is 0 Å². The van der Waals surface area contributed by atoms with E-state index in [9.17, 15) is 0 Å². The number of hydrogen-bond donors (Lipinski definition) is 0. The first-order chi connectivity index (χ1) is 9.69. The van der Waals surface area contributed by atoms with Crippen molar-refractivity contribution in [2.24, 2.45) is 23.7 Å². The predicted molar refractivity (Wildman–Crippen MR) is 92.1 cm³/mol. The molecule has 1 fully saturated rings. The van der Waals surface area contributed by atoms with Gasteiger partial charge in [0.15, 0.2) is 0 Å². The van der Waals surface area contributed by atoms with Crippen molar-refractivity contribution < 1.29 is 0 Å². The molecule has 0 saturated heterocycles. The van der Waals surface area contributed by atoms with Gasteiger partial charge in [0.25, 0.3) is 0 Å². The van der Waals surface area contributed by atoms with Crippen LogP contribution in [0.5, 0.6) is 0 Å². The van der Waals surface area contributed by atoms with Gasteiger partial charge in [-0.3, -0.25) is 0 Å². The van der Waals surface area contributed by atoms with E-state index in [2.05, 4.69) is 27.7 Å². The summed E-state index contributed by atoms with van der Waals surface area (Å²) in [5, 5.41) is 0. The number of unbranched alkanes of at least 4 members (excludes halogenated alkanes) is 6. The van der Waals surface area contributed by atoms with Crippen LogP contribution in [0.3, 0.4) is 0 Å². The summed E-state index contributed by atoms with van der Waals surface area (Å²) in [6.07, 6.45) is 17.6. The molecule has 120 valence electrons. The lowest BCUT2D eigenvalue weighted by Gasteiger charge is -2.38. The van der Waals surface area contributed by atoms with Gasteiger partial charge in [0.2, 0.25) is 0 Å². The molecule has 4 atom stereocenters. The lowest BCUT2D eigenvalue weighted by atomic mass is 9.68. The molecule has 0 N–H and O–H groups in total. The average molecular weight is 281 g/mol. The number of hydrogen-bond acceptors (Lipinski definition) is 0. The van der Waals surface area contributed by atoms with Crippen LogP contribution in [0.15, 0.2) is 0 Å². The summed E-state index contributed by atoms with van der Waals surface area (Å²) in [6.45, 7) is 9.72. The molecule has 1 aliphatic carbocycles. The van der Waals surface area contributed by atoms with Gasteiger partial charge < -0.3 is 0 Å². The van der Waals surface area contributed by atoms with Gasteiger partial charge in [-0.15, -0.1) is 0 Å².